The van der Waals surface area contributed by atoms with Gasteiger partial charge in [-0.1, -0.05) is 120 Å². The molecule has 0 aliphatic rings. The predicted octanol–water partition coefficient (Wildman–Crippen LogP) is 9.40. The number of rotatable bonds is 21. The van der Waals surface area contributed by atoms with Crippen molar-refractivity contribution in [1.82, 2.24) is 9.97 Å². The number of esters is 1. The number of ether oxygens (including phenoxy) is 3. The zero-order valence-corrected chi connectivity index (χ0v) is 26.9. The van der Waals surface area contributed by atoms with E-state index >= 15 is 0 Å². The molecule has 0 spiro atoms. The topological polar surface area (TPSA) is 70.5 Å². The van der Waals surface area contributed by atoms with Crippen LogP contribution in [0.25, 0.3) is 22.5 Å². The van der Waals surface area contributed by atoms with Gasteiger partial charge in [-0.2, -0.15) is 0 Å². The third-order valence-electron chi connectivity index (χ3n) is 7.63. The van der Waals surface area contributed by atoms with Gasteiger partial charge in [0.05, 0.1) is 12.4 Å². The summed E-state index contributed by atoms with van der Waals surface area (Å²) >= 11 is 0. The molecule has 3 aromatic rings. The summed E-state index contributed by atoms with van der Waals surface area (Å²) in [5.41, 5.74) is 4.74. The Morgan fingerprint density at radius 2 is 1.23 bits per heavy atom. The molecule has 0 amide bonds. The monoisotopic (exact) mass is 588 g/mol. The Balaban J connectivity index is 1.39. The second kappa shape index (κ2) is 19.8. The van der Waals surface area contributed by atoms with Crippen molar-refractivity contribution in [3.63, 3.8) is 0 Å². The number of carbonyl (C=O) groups is 1. The van der Waals surface area contributed by atoms with Crippen LogP contribution < -0.4 is 4.74 Å². The molecule has 0 radical (unpaired) electrons. The van der Waals surface area contributed by atoms with Crippen LogP contribution in [0.3, 0.4) is 0 Å². The highest BCUT2D eigenvalue weighted by Crippen LogP contribution is 2.24. The lowest BCUT2D eigenvalue weighted by Gasteiger charge is -2.17. The Labute approximate surface area is 259 Å². The van der Waals surface area contributed by atoms with Crippen molar-refractivity contribution in [1.29, 1.82) is 0 Å². The number of hydrogen-bond acceptors (Lipinski definition) is 6. The summed E-state index contributed by atoms with van der Waals surface area (Å²) < 4.78 is 16.7. The molecule has 0 saturated carbocycles. The van der Waals surface area contributed by atoms with E-state index in [9.17, 15) is 4.79 Å². The first-order valence-corrected chi connectivity index (χ1v) is 16.5. The van der Waals surface area contributed by atoms with Crippen molar-refractivity contribution < 1.29 is 19.0 Å². The van der Waals surface area contributed by atoms with Crippen molar-refractivity contribution >= 4 is 5.97 Å². The van der Waals surface area contributed by atoms with Crippen LogP contribution in [0.5, 0.6) is 5.75 Å². The number of benzene rings is 2. The van der Waals surface area contributed by atoms with Gasteiger partial charge in [-0.25, -0.2) is 14.8 Å². The van der Waals surface area contributed by atoms with E-state index in [4.69, 9.17) is 14.2 Å². The molecule has 1 heterocycles. The highest BCUT2D eigenvalue weighted by molar-refractivity contribution is 5.74. The van der Waals surface area contributed by atoms with E-state index in [1.807, 2.05) is 12.1 Å². The van der Waals surface area contributed by atoms with E-state index in [0.29, 0.717) is 18.2 Å². The predicted molar refractivity (Wildman–Crippen MR) is 175 cm³/mol. The fraction of sp³-hybridized carbons (Fsp3) is 0.541. The molecule has 1 unspecified atom stereocenters. The molecule has 0 aliphatic carbocycles. The van der Waals surface area contributed by atoms with Gasteiger partial charge in [-0.3, -0.25) is 0 Å². The molecule has 0 aliphatic heterocycles. The number of carbonyl (C=O) groups excluding carboxylic acids is 1. The van der Waals surface area contributed by atoms with E-state index in [-0.39, 0.29) is 12.6 Å². The molecule has 6 heteroatoms. The highest BCUT2D eigenvalue weighted by atomic mass is 16.6. The fourth-order valence-corrected chi connectivity index (χ4v) is 4.87. The molecular weight excluding hydrogens is 536 g/mol. The molecule has 0 saturated heterocycles. The molecule has 43 heavy (non-hydrogen) atoms. The lowest BCUT2D eigenvalue weighted by Crippen LogP contribution is -2.30. The van der Waals surface area contributed by atoms with E-state index in [1.165, 1.54) is 74.5 Å². The Kier molecular flexibility index (Phi) is 15.8. The van der Waals surface area contributed by atoms with E-state index in [1.54, 1.807) is 26.2 Å². The fourth-order valence-electron chi connectivity index (χ4n) is 4.87. The van der Waals surface area contributed by atoms with Crippen molar-refractivity contribution in [2.45, 2.75) is 117 Å². The summed E-state index contributed by atoms with van der Waals surface area (Å²) in [6, 6.07) is 17.3. The largest absolute Gasteiger partial charge is 0.486 e. The zero-order valence-electron chi connectivity index (χ0n) is 26.9. The average molecular weight is 589 g/mol. The van der Waals surface area contributed by atoms with E-state index in [0.717, 1.165) is 24.8 Å². The number of aryl methyl sites for hydroxylation is 1. The Morgan fingerprint density at radius 1 is 0.698 bits per heavy atom. The highest BCUT2D eigenvalue weighted by Gasteiger charge is 2.18. The molecule has 0 N–H and O–H groups in total. The van der Waals surface area contributed by atoms with Crippen LogP contribution in [0.4, 0.5) is 0 Å². The quantitative estimate of drug-likeness (QED) is 0.0912. The maximum atomic E-state index is 12.2. The molecule has 1 aromatic heterocycles. The van der Waals surface area contributed by atoms with Crippen molar-refractivity contribution in [3.8, 4) is 28.3 Å². The van der Waals surface area contributed by atoms with Crippen LogP contribution in [0.1, 0.15) is 104 Å². The minimum absolute atomic E-state index is 0.211. The normalized spacial score (nSPS) is 12.6. The van der Waals surface area contributed by atoms with Crippen LogP contribution in [0.2, 0.25) is 0 Å². The minimum atomic E-state index is -0.586. The molecule has 6 nitrogen and oxygen atoms in total. The first-order valence-electron chi connectivity index (χ1n) is 16.5. The smallest absolute Gasteiger partial charge is 0.335 e. The molecule has 0 fully saturated rings. The van der Waals surface area contributed by atoms with Gasteiger partial charge in [0.1, 0.15) is 12.7 Å². The summed E-state index contributed by atoms with van der Waals surface area (Å²) in [6.07, 6.45) is 17.6. The van der Waals surface area contributed by atoms with E-state index < -0.39 is 12.2 Å². The van der Waals surface area contributed by atoms with Gasteiger partial charge >= 0.3 is 5.97 Å². The van der Waals surface area contributed by atoms with Gasteiger partial charge in [0.2, 0.25) is 0 Å². The lowest BCUT2D eigenvalue weighted by atomic mass is 10.00. The Hall–Kier alpha value is -3.25. The number of unbranched alkanes of at least 4 members (excludes halogenated alkanes) is 9. The number of hydrogen-bond donors (Lipinski definition) is 0. The van der Waals surface area contributed by atoms with Crippen LogP contribution in [0.15, 0.2) is 60.9 Å². The standard InChI is InChI=1S/C37H52N2O4/c1-5-7-9-10-11-12-13-14-15-16-31-17-19-32(20-18-31)33-21-23-34(24-22-33)36-38-26-35(27-39-36)42-28-29(3)43-37(40)30(4)41-25-8-6-2/h17-24,26-27,29-30H,5-16,25,28H2,1-4H3/t29-,30?/m0/s1. The minimum Gasteiger partial charge on any atom is -0.486 e. The molecule has 234 valence electrons. The molecular formula is C37H52N2O4. The molecule has 2 aromatic carbocycles. The SMILES string of the molecule is CCCCCCCCCCCc1ccc(-c2ccc(-c3ncc(OC[C@H](C)OC(=O)C(C)OCCCC)cn3)cc2)cc1. The van der Waals surface area contributed by atoms with Crippen molar-refractivity contribution in [2.24, 2.45) is 0 Å². The van der Waals surface area contributed by atoms with Crippen molar-refractivity contribution in [2.75, 3.05) is 13.2 Å². The van der Waals surface area contributed by atoms with Gasteiger partial charge < -0.3 is 14.2 Å². The zero-order chi connectivity index (χ0) is 30.7. The third-order valence-corrected chi connectivity index (χ3v) is 7.63. The first kappa shape index (κ1) is 34.2. The van der Waals surface area contributed by atoms with E-state index in [2.05, 4.69) is 60.2 Å². The maximum absolute atomic E-state index is 12.2. The molecule has 0 bridgehead atoms. The van der Waals surface area contributed by atoms with Gasteiger partial charge in [0, 0.05) is 12.2 Å². The maximum Gasteiger partial charge on any atom is 0.335 e. The average Bonchev–Trinajstić information content (AvgIpc) is 3.03. The Bertz CT molecular complexity index is 1160. The summed E-state index contributed by atoms with van der Waals surface area (Å²) in [6.45, 7) is 8.62. The van der Waals surface area contributed by atoms with Gasteiger partial charge in [0.15, 0.2) is 17.7 Å². The van der Waals surface area contributed by atoms with Crippen LogP contribution in [-0.4, -0.2) is 41.4 Å². The second-order valence-electron chi connectivity index (χ2n) is 11.5. The molecule has 3 rings (SSSR count). The van der Waals surface area contributed by atoms with Gasteiger partial charge in [0.25, 0.3) is 0 Å². The molecule has 2 atom stereocenters. The van der Waals surface area contributed by atoms with Gasteiger partial charge in [-0.15, -0.1) is 0 Å². The summed E-state index contributed by atoms with van der Waals surface area (Å²) in [7, 11) is 0. The number of aromatic nitrogens is 2. The Morgan fingerprint density at radius 3 is 1.84 bits per heavy atom. The third kappa shape index (κ3) is 12.9. The summed E-state index contributed by atoms with van der Waals surface area (Å²) in [5, 5.41) is 0. The van der Waals surface area contributed by atoms with Gasteiger partial charge in [-0.05, 0) is 49.8 Å². The van der Waals surface area contributed by atoms with Crippen molar-refractivity contribution in [3.05, 3.63) is 66.5 Å². The van der Waals surface area contributed by atoms with Crippen LogP contribution >= 0.6 is 0 Å². The summed E-state index contributed by atoms with van der Waals surface area (Å²) in [4.78, 5) is 21.1. The van der Waals surface area contributed by atoms with Crippen LogP contribution in [0, 0.1) is 0 Å². The first-order chi connectivity index (χ1) is 21.0. The summed E-state index contributed by atoms with van der Waals surface area (Å²) in [5.74, 6) is 0.776. The second-order valence-corrected chi connectivity index (χ2v) is 11.5. The lowest BCUT2D eigenvalue weighted by molar-refractivity contribution is -0.162. The number of nitrogens with zero attached hydrogens (tertiary/aromatic N) is 2. The van der Waals surface area contributed by atoms with Crippen LogP contribution in [-0.2, 0) is 20.7 Å².